The molecule has 1 aliphatic rings. The molecule has 272 valence electrons. The van der Waals surface area contributed by atoms with Gasteiger partial charge < -0.3 is 13.7 Å². The molecule has 58 heavy (non-hydrogen) atoms. The summed E-state index contributed by atoms with van der Waals surface area (Å²) in [6.45, 7) is 0. The smallest absolute Gasteiger partial charge is 0.135 e. The summed E-state index contributed by atoms with van der Waals surface area (Å²) in [6.07, 6.45) is 5.31. The Hall–Kier alpha value is -7.62. The SMILES string of the molecule is C1=c2ccccc2=Cc2c(oc3cccc(-c4ccccc4N(c4ccc(-c5cc6ccccc6c6ccccc56)cc4)c4ccc5oc6ccccc6c5c4)c23)C1. The van der Waals surface area contributed by atoms with Crippen LogP contribution in [0.5, 0.6) is 0 Å². The Morgan fingerprint density at radius 3 is 1.98 bits per heavy atom. The van der Waals surface area contributed by atoms with E-state index in [1.54, 1.807) is 0 Å². The van der Waals surface area contributed by atoms with Gasteiger partial charge in [0.1, 0.15) is 22.5 Å². The van der Waals surface area contributed by atoms with Crippen LogP contribution in [0.1, 0.15) is 11.3 Å². The summed E-state index contributed by atoms with van der Waals surface area (Å²) in [7, 11) is 0. The lowest BCUT2D eigenvalue weighted by Gasteiger charge is -2.28. The summed E-state index contributed by atoms with van der Waals surface area (Å²) in [6, 6.07) is 67.5. The van der Waals surface area contributed by atoms with Crippen LogP contribution < -0.4 is 15.3 Å². The van der Waals surface area contributed by atoms with Crippen molar-refractivity contribution in [2.45, 2.75) is 6.42 Å². The van der Waals surface area contributed by atoms with E-state index in [1.807, 2.05) is 12.1 Å². The maximum atomic E-state index is 6.64. The summed E-state index contributed by atoms with van der Waals surface area (Å²) in [5.41, 5.74) is 11.6. The molecule has 0 N–H and O–H groups in total. The first kappa shape index (κ1) is 32.6. The van der Waals surface area contributed by atoms with Crippen molar-refractivity contribution in [2.75, 3.05) is 4.90 Å². The average molecular weight is 742 g/mol. The zero-order valence-corrected chi connectivity index (χ0v) is 31.5. The van der Waals surface area contributed by atoms with Gasteiger partial charge in [-0.1, -0.05) is 140 Å². The molecule has 12 rings (SSSR count). The minimum absolute atomic E-state index is 0.738. The van der Waals surface area contributed by atoms with Crippen molar-refractivity contribution in [3.05, 3.63) is 210 Å². The number of benzene rings is 9. The lowest BCUT2D eigenvalue weighted by atomic mass is 9.93. The van der Waals surface area contributed by atoms with E-state index in [9.17, 15) is 0 Å². The number of fused-ring (bicyclic) bond motifs is 10. The molecule has 0 spiro atoms. The standard InChI is InChI=1S/C55H35NO2/c1-2-13-37-32-49-53(30-26-35(37)12-1)58-54-23-11-20-46(55(49)54)44-18-7-9-21-50(44)56(40-29-31-52-48(34-40)45-19-8-10-22-51(45)57-52)39-27-24-36(25-28-39)47-33-38-14-3-4-15-41(38)42-16-5-6-17-43(42)47/h1-29,31-34H,30H2. The molecule has 9 aromatic carbocycles. The highest BCUT2D eigenvalue weighted by Gasteiger charge is 2.23. The Balaban J connectivity index is 1.07. The lowest BCUT2D eigenvalue weighted by Crippen LogP contribution is -2.22. The van der Waals surface area contributed by atoms with Gasteiger partial charge in [0.2, 0.25) is 0 Å². The Morgan fingerprint density at radius 1 is 0.414 bits per heavy atom. The van der Waals surface area contributed by atoms with Gasteiger partial charge in [0.15, 0.2) is 0 Å². The molecule has 0 fully saturated rings. The lowest BCUT2D eigenvalue weighted by molar-refractivity contribution is 0.568. The maximum Gasteiger partial charge on any atom is 0.135 e. The first-order chi connectivity index (χ1) is 28.7. The molecule has 1 aliphatic carbocycles. The van der Waals surface area contributed by atoms with E-state index in [1.165, 1.54) is 43.1 Å². The fraction of sp³-hybridized carbons (Fsp3) is 0.0182. The highest BCUT2D eigenvalue weighted by Crippen LogP contribution is 2.46. The predicted octanol–water partition coefficient (Wildman–Crippen LogP) is 13.6. The second-order valence-corrected chi connectivity index (χ2v) is 15.2. The van der Waals surface area contributed by atoms with E-state index < -0.39 is 0 Å². The molecule has 0 radical (unpaired) electrons. The number of nitrogens with zero attached hydrogens (tertiary/aromatic N) is 1. The summed E-state index contributed by atoms with van der Waals surface area (Å²) in [4.78, 5) is 2.39. The number of anilines is 3. The zero-order valence-electron chi connectivity index (χ0n) is 31.5. The van der Waals surface area contributed by atoms with E-state index >= 15 is 0 Å². The Kier molecular flexibility index (Phi) is 7.29. The van der Waals surface area contributed by atoms with Gasteiger partial charge in [-0.05, 0) is 109 Å². The molecule has 0 bridgehead atoms. The minimum atomic E-state index is 0.738. The van der Waals surface area contributed by atoms with Crippen molar-refractivity contribution >= 4 is 83.7 Å². The van der Waals surface area contributed by atoms with Gasteiger partial charge in [0.25, 0.3) is 0 Å². The van der Waals surface area contributed by atoms with Crippen molar-refractivity contribution in [1.29, 1.82) is 0 Å². The molecule has 11 aromatic rings. The van der Waals surface area contributed by atoms with E-state index in [2.05, 4.69) is 193 Å². The first-order valence-corrected chi connectivity index (χ1v) is 19.9. The van der Waals surface area contributed by atoms with E-state index in [-0.39, 0.29) is 0 Å². The average Bonchev–Trinajstić information content (AvgIpc) is 3.77. The van der Waals surface area contributed by atoms with Crippen LogP contribution >= 0.6 is 0 Å². The van der Waals surface area contributed by atoms with Crippen LogP contribution in [-0.2, 0) is 6.42 Å². The van der Waals surface area contributed by atoms with Gasteiger partial charge in [-0.15, -0.1) is 0 Å². The Labute approximate surface area is 334 Å². The van der Waals surface area contributed by atoms with E-state index in [0.717, 1.165) is 78.8 Å². The second-order valence-electron chi connectivity index (χ2n) is 15.2. The van der Waals surface area contributed by atoms with Crippen LogP contribution in [0.15, 0.2) is 197 Å². The maximum absolute atomic E-state index is 6.64. The predicted molar refractivity (Wildman–Crippen MR) is 241 cm³/mol. The number of hydrogen-bond donors (Lipinski definition) is 0. The summed E-state index contributed by atoms with van der Waals surface area (Å²) >= 11 is 0. The molecular formula is C55H35NO2. The number of para-hydroxylation sites is 2. The Bertz CT molecular complexity index is 3550. The van der Waals surface area contributed by atoms with Gasteiger partial charge in [-0.3, -0.25) is 0 Å². The highest BCUT2D eigenvalue weighted by atomic mass is 16.3. The summed E-state index contributed by atoms with van der Waals surface area (Å²) < 4.78 is 13.0. The molecule has 2 heterocycles. The van der Waals surface area contributed by atoms with Crippen molar-refractivity contribution in [3.8, 4) is 22.3 Å². The summed E-state index contributed by atoms with van der Waals surface area (Å²) in [5, 5.41) is 10.8. The number of furan rings is 2. The van der Waals surface area contributed by atoms with E-state index in [0.29, 0.717) is 0 Å². The van der Waals surface area contributed by atoms with Crippen LogP contribution in [0, 0.1) is 0 Å². The van der Waals surface area contributed by atoms with Crippen LogP contribution in [0.2, 0.25) is 0 Å². The third-order valence-corrected chi connectivity index (χ3v) is 11.9. The molecule has 0 aliphatic heterocycles. The van der Waals surface area contributed by atoms with Crippen molar-refractivity contribution in [3.63, 3.8) is 0 Å². The van der Waals surface area contributed by atoms with Crippen molar-refractivity contribution in [2.24, 2.45) is 0 Å². The number of hydrogen-bond acceptors (Lipinski definition) is 3. The van der Waals surface area contributed by atoms with E-state index in [4.69, 9.17) is 8.83 Å². The second kappa shape index (κ2) is 13.0. The Morgan fingerprint density at radius 2 is 1.09 bits per heavy atom. The molecule has 0 saturated carbocycles. The normalized spacial score (nSPS) is 12.3. The topological polar surface area (TPSA) is 29.5 Å². The third-order valence-electron chi connectivity index (χ3n) is 11.9. The van der Waals surface area contributed by atoms with Gasteiger partial charge in [-0.25, -0.2) is 0 Å². The van der Waals surface area contributed by atoms with Crippen LogP contribution in [0.3, 0.4) is 0 Å². The van der Waals surface area contributed by atoms with Crippen LogP contribution in [0.4, 0.5) is 17.1 Å². The third kappa shape index (κ3) is 5.14. The van der Waals surface area contributed by atoms with Crippen LogP contribution in [0.25, 0.3) is 88.9 Å². The fourth-order valence-electron chi connectivity index (χ4n) is 9.20. The van der Waals surface area contributed by atoms with Gasteiger partial charge in [-0.2, -0.15) is 0 Å². The quantitative estimate of drug-likeness (QED) is 0.165. The molecule has 0 amide bonds. The first-order valence-electron chi connectivity index (χ1n) is 19.9. The molecule has 3 nitrogen and oxygen atoms in total. The monoisotopic (exact) mass is 741 g/mol. The van der Waals surface area contributed by atoms with Gasteiger partial charge in [0.05, 0.1) is 5.69 Å². The summed E-state index contributed by atoms with van der Waals surface area (Å²) in [5.74, 6) is 0.988. The molecule has 0 unspecified atom stereocenters. The van der Waals surface area contributed by atoms with Crippen LogP contribution in [-0.4, -0.2) is 0 Å². The molecule has 0 saturated heterocycles. The molecular weight excluding hydrogens is 707 g/mol. The van der Waals surface area contributed by atoms with Crippen molar-refractivity contribution in [1.82, 2.24) is 0 Å². The number of rotatable bonds is 5. The largest absolute Gasteiger partial charge is 0.460 e. The van der Waals surface area contributed by atoms with Gasteiger partial charge in [0, 0.05) is 45.1 Å². The van der Waals surface area contributed by atoms with Crippen molar-refractivity contribution < 1.29 is 8.83 Å². The highest BCUT2D eigenvalue weighted by molar-refractivity contribution is 6.14. The fourth-order valence-corrected chi connectivity index (χ4v) is 9.20. The molecule has 0 atom stereocenters. The minimum Gasteiger partial charge on any atom is -0.460 e. The molecule has 3 heteroatoms. The molecule has 2 aromatic heterocycles. The zero-order chi connectivity index (χ0) is 38.2. The van der Waals surface area contributed by atoms with Gasteiger partial charge >= 0.3 is 0 Å².